The predicted octanol–water partition coefficient (Wildman–Crippen LogP) is 5.27. The van der Waals surface area contributed by atoms with Gasteiger partial charge in [0.2, 0.25) is 17.6 Å². The summed E-state index contributed by atoms with van der Waals surface area (Å²) in [5, 5.41) is 7.21. The molecule has 5 nitrogen and oxygen atoms in total. The predicted molar refractivity (Wildman–Crippen MR) is 114 cm³/mol. The van der Waals surface area contributed by atoms with Gasteiger partial charge >= 0.3 is 0 Å². The van der Waals surface area contributed by atoms with Crippen molar-refractivity contribution in [3.8, 4) is 11.4 Å². The number of amides is 1. The summed E-state index contributed by atoms with van der Waals surface area (Å²) in [5.41, 5.74) is 3.31. The van der Waals surface area contributed by atoms with Crippen LogP contribution in [0.4, 0.5) is 0 Å². The average Bonchev–Trinajstić information content (AvgIpc) is 3.15. The molecular formula is C24H29N3O2. The van der Waals surface area contributed by atoms with Gasteiger partial charge in [-0.15, -0.1) is 0 Å². The molecule has 0 bridgehead atoms. The van der Waals surface area contributed by atoms with Gasteiger partial charge in [-0.1, -0.05) is 86.1 Å². The first-order chi connectivity index (χ1) is 13.8. The van der Waals surface area contributed by atoms with Crippen molar-refractivity contribution < 1.29 is 9.32 Å². The SMILES string of the molecule is Cc1ccc(-c2noc(CCC(=O)NC(CC(C)(C)C)c3ccccc3)n2)cc1. The van der Waals surface area contributed by atoms with E-state index in [9.17, 15) is 4.79 Å². The van der Waals surface area contributed by atoms with Crippen molar-refractivity contribution in [2.45, 2.75) is 53.0 Å². The number of aromatic nitrogens is 2. The lowest BCUT2D eigenvalue weighted by Crippen LogP contribution is -2.31. The maximum absolute atomic E-state index is 12.6. The van der Waals surface area contributed by atoms with Crippen molar-refractivity contribution >= 4 is 5.91 Å². The normalized spacial score (nSPS) is 12.6. The van der Waals surface area contributed by atoms with Crippen LogP contribution in [0.2, 0.25) is 0 Å². The summed E-state index contributed by atoms with van der Waals surface area (Å²) in [5.74, 6) is 1.01. The molecule has 0 saturated heterocycles. The van der Waals surface area contributed by atoms with Crippen molar-refractivity contribution in [1.29, 1.82) is 0 Å². The third-order valence-electron chi connectivity index (χ3n) is 4.70. The summed E-state index contributed by atoms with van der Waals surface area (Å²) < 4.78 is 5.33. The molecule has 0 radical (unpaired) electrons. The number of rotatable bonds is 7. The van der Waals surface area contributed by atoms with E-state index in [1.165, 1.54) is 5.56 Å². The van der Waals surface area contributed by atoms with Crippen molar-refractivity contribution in [3.05, 3.63) is 71.6 Å². The topological polar surface area (TPSA) is 68.0 Å². The molecule has 1 atom stereocenters. The molecule has 0 aliphatic heterocycles. The molecule has 3 rings (SSSR count). The van der Waals surface area contributed by atoms with E-state index in [-0.39, 0.29) is 17.4 Å². The van der Waals surface area contributed by atoms with Crippen LogP contribution in [-0.4, -0.2) is 16.0 Å². The summed E-state index contributed by atoms with van der Waals surface area (Å²) >= 11 is 0. The first kappa shape index (κ1) is 20.8. The van der Waals surface area contributed by atoms with E-state index in [1.807, 2.05) is 49.4 Å². The zero-order chi connectivity index (χ0) is 20.9. The molecule has 0 fully saturated rings. The lowest BCUT2D eigenvalue weighted by Gasteiger charge is -2.27. The summed E-state index contributed by atoms with van der Waals surface area (Å²) in [6, 6.07) is 18.0. The van der Waals surface area contributed by atoms with Crippen LogP contribution in [0.3, 0.4) is 0 Å². The Kier molecular flexibility index (Phi) is 6.47. The molecular weight excluding hydrogens is 362 g/mol. The Hall–Kier alpha value is -2.95. The smallest absolute Gasteiger partial charge is 0.227 e. The van der Waals surface area contributed by atoms with Crippen LogP contribution in [0.25, 0.3) is 11.4 Å². The van der Waals surface area contributed by atoms with Crippen LogP contribution >= 0.6 is 0 Å². The number of carbonyl (C=O) groups is 1. The lowest BCUT2D eigenvalue weighted by molar-refractivity contribution is -0.122. The molecule has 5 heteroatoms. The number of hydrogen-bond acceptors (Lipinski definition) is 4. The third-order valence-corrected chi connectivity index (χ3v) is 4.70. The zero-order valence-corrected chi connectivity index (χ0v) is 17.6. The molecule has 0 aliphatic carbocycles. The van der Waals surface area contributed by atoms with E-state index in [2.05, 4.69) is 48.4 Å². The second-order valence-corrected chi connectivity index (χ2v) is 8.67. The molecule has 0 spiro atoms. The molecule has 1 amide bonds. The highest BCUT2D eigenvalue weighted by Crippen LogP contribution is 2.29. The fourth-order valence-corrected chi connectivity index (χ4v) is 3.21. The molecule has 152 valence electrons. The van der Waals surface area contributed by atoms with E-state index >= 15 is 0 Å². The number of carbonyl (C=O) groups excluding carboxylic acids is 1. The highest BCUT2D eigenvalue weighted by molar-refractivity contribution is 5.76. The zero-order valence-electron chi connectivity index (χ0n) is 17.6. The number of hydrogen-bond donors (Lipinski definition) is 1. The van der Waals surface area contributed by atoms with Gasteiger partial charge in [0.1, 0.15) is 0 Å². The van der Waals surface area contributed by atoms with Gasteiger partial charge in [-0.2, -0.15) is 4.98 Å². The van der Waals surface area contributed by atoms with E-state index in [1.54, 1.807) is 0 Å². The molecule has 1 N–H and O–H groups in total. The Morgan fingerprint density at radius 2 is 1.76 bits per heavy atom. The first-order valence-electron chi connectivity index (χ1n) is 10.0. The Morgan fingerprint density at radius 3 is 2.41 bits per heavy atom. The summed E-state index contributed by atoms with van der Waals surface area (Å²) in [7, 11) is 0. The number of benzene rings is 2. The molecule has 1 heterocycles. The highest BCUT2D eigenvalue weighted by atomic mass is 16.5. The lowest BCUT2D eigenvalue weighted by atomic mass is 9.85. The van der Waals surface area contributed by atoms with Crippen LogP contribution < -0.4 is 5.32 Å². The molecule has 3 aromatic rings. The van der Waals surface area contributed by atoms with Gasteiger partial charge in [-0.25, -0.2) is 0 Å². The number of nitrogens with zero attached hydrogens (tertiary/aromatic N) is 2. The maximum Gasteiger partial charge on any atom is 0.227 e. The van der Waals surface area contributed by atoms with E-state index in [4.69, 9.17) is 4.52 Å². The Labute approximate surface area is 172 Å². The second kappa shape index (κ2) is 9.03. The number of nitrogens with one attached hydrogen (secondary N) is 1. The van der Waals surface area contributed by atoms with Gasteiger partial charge in [-0.3, -0.25) is 4.79 Å². The minimum Gasteiger partial charge on any atom is -0.349 e. The molecule has 2 aromatic carbocycles. The van der Waals surface area contributed by atoms with E-state index < -0.39 is 0 Å². The van der Waals surface area contributed by atoms with Gasteiger partial charge in [0.25, 0.3) is 0 Å². The van der Waals surface area contributed by atoms with Crippen LogP contribution in [0.5, 0.6) is 0 Å². The quantitative estimate of drug-likeness (QED) is 0.596. The van der Waals surface area contributed by atoms with Crippen molar-refractivity contribution in [3.63, 3.8) is 0 Å². The Balaban J connectivity index is 1.60. The van der Waals surface area contributed by atoms with Crippen molar-refractivity contribution in [2.75, 3.05) is 0 Å². The summed E-state index contributed by atoms with van der Waals surface area (Å²) in [4.78, 5) is 17.0. The summed E-state index contributed by atoms with van der Waals surface area (Å²) in [6.45, 7) is 8.58. The Bertz CT molecular complexity index is 925. The fraction of sp³-hybridized carbons (Fsp3) is 0.375. The van der Waals surface area contributed by atoms with Crippen LogP contribution in [0, 0.1) is 12.3 Å². The van der Waals surface area contributed by atoms with Crippen LogP contribution in [-0.2, 0) is 11.2 Å². The summed E-state index contributed by atoms with van der Waals surface area (Å²) in [6.07, 6.45) is 1.59. The molecule has 29 heavy (non-hydrogen) atoms. The monoisotopic (exact) mass is 391 g/mol. The van der Waals surface area contributed by atoms with Gasteiger partial charge < -0.3 is 9.84 Å². The van der Waals surface area contributed by atoms with Crippen molar-refractivity contribution in [2.24, 2.45) is 5.41 Å². The van der Waals surface area contributed by atoms with Gasteiger partial charge in [0.15, 0.2) is 0 Å². The maximum atomic E-state index is 12.6. The van der Waals surface area contributed by atoms with Gasteiger partial charge in [0, 0.05) is 18.4 Å². The van der Waals surface area contributed by atoms with Gasteiger partial charge in [-0.05, 0) is 24.3 Å². The minimum absolute atomic E-state index is 0.0156. The average molecular weight is 392 g/mol. The largest absolute Gasteiger partial charge is 0.349 e. The molecule has 1 unspecified atom stereocenters. The molecule has 1 aromatic heterocycles. The highest BCUT2D eigenvalue weighted by Gasteiger charge is 2.22. The minimum atomic E-state index is -0.0190. The fourth-order valence-electron chi connectivity index (χ4n) is 3.21. The standard InChI is InChI=1S/C24H29N3O2/c1-17-10-12-19(13-11-17)23-26-22(29-27-23)15-14-21(28)25-20(16-24(2,3)4)18-8-6-5-7-9-18/h5-13,20H,14-16H2,1-4H3,(H,25,28). The third kappa shape index (κ3) is 6.28. The van der Waals surface area contributed by atoms with E-state index in [0.717, 1.165) is 17.5 Å². The van der Waals surface area contributed by atoms with E-state index in [0.29, 0.717) is 24.6 Å². The number of aryl methyl sites for hydroxylation is 2. The van der Waals surface area contributed by atoms with Gasteiger partial charge in [0.05, 0.1) is 6.04 Å². The van der Waals surface area contributed by atoms with Crippen LogP contribution in [0.15, 0.2) is 59.1 Å². The van der Waals surface area contributed by atoms with Crippen LogP contribution in [0.1, 0.15) is 56.7 Å². The first-order valence-corrected chi connectivity index (χ1v) is 10.0. The molecule has 0 saturated carbocycles. The van der Waals surface area contributed by atoms with Crippen molar-refractivity contribution in [1.82, 2.24) is 15.5 Å². The second-order valence-electron chi connectivity index (χ2n) is 8.67. The molecule has 0 aliphatic rings. The Morgan fingerprint density at radius 1 is 1.07 bits per heavy atom.